The molecule has 0 aliphatic carbocycles. The molecule has 2 aromatic rings. The van der Waals surface area contributed by atoms with E-state index in [1.807, 2.05) is 24.3 Å². The maximum Gasteiger partial charge on any atom is 0.189 e. The highest BCUT2D eigenvalue weighted by Gasteiger charge is 2.09. The molecule has 5 heteroatoms. The zero-order chi connectivity index (χ0) is 15.9. The number of aromatic hydroxyl groups is 1. The van der Waals surface area contributed by atoms with Gasteiger partial charge in [-0.15, -0.1) is 0 Å². The number of ketones is 1. The van der Waals surface area contributed by atoms with Gasteiger partial charge in [0, 0.05) is 16.7 Å². The van der Waals surface area contributed by atoms with Crippen LogP contribution in [0.5, 0.6) is 11.5 Å². The molecule has 0 saturated carbocycles. The largest absolute Gasteiger partial charge is 0.507 e. The summed E-state index contributed by atoms with van der Waals surface area (Å²) in [5, 5.41) is 9.92. The lowest BCUT2D eigenvalue weighted by molar-refractivity contribution is 0.0510. The van der Waals surface area contributed by atoms with Gasteiger partial charge in [-0.3, -0.25) is 4.79 Å². The Bertz CT molecular complexity index is 678. The molecule has 0 bridgehead atoms. The molecule has 0 atom stereocenters. The van der Waals surface area contributed by atoms with Crippen molar-refractivity contribution in [2.45, 2.75) is 0 Å². The molecule has 0 aromatic heterocycles. The maximum atomic E-state index is 12.1. The topological polar surface area (TPSA) is 55.8 Å². The van der Waals surface area contributed by atoms with Crippen LogP contribution in [0.2, 0.25) is 0 Å². The average Bonchev–Trinajstić information content (AvgIpc) is 2.52. The van der Waals surface area contributed by atoms with Gasteiger partial charge in [-0.1, -0.05) is 18.2 Å². The number of benzene rings is 2. The van der Waals surface area contributed by atoms with Crippen LogP contribution in [0, 0.1) is 3.57 Å². The Hall–Kier alpha value is -1.86. The highest BCUT2D eigenvalue weighted by atomic mass is 127. The third kappa shape index (κ3) is 4.57. The molecule has 4 nitrogen and oxygen atoms in total. The van der Waals surface area contributed by atoms with Crippen LogP contribution < -0.4 is 4.74 Å². The number of carbonyl (C=O) groups is 1. The van der Waals surface area contributed by atoms with Crippen LogP contribution in [0.1, 0.15) is 15.9 Å². The first-order valence-corrected chi connectivity index (χ1v) is 7.61. The van der Waals surface area contributed by atoms with Gasteiger partial charge in [-0.25, -0.2) is 0 Å². The zero-order valence-corrected chi connectivity index (χ0v) is 14.1. The van der Waals surface area contributed by atoms with Crippen molar-refractivity contribution >= 4 is 34.5 Å². The van der Waals surface area contributed by atoms with Crippen LogP contribution in [0.4, 0.5) is 0 Å². The molecule has 114 valence electrons. The Labute approximate surface area is 142 Å². The van der Waals surface area contributed by atoms with Crippen LogP contribution in [-0.2, 0) is 4.74 Å². The molecule has 0 saturated heterocycles. The van der Waals surface area contributed by atoms with E-state index in [2.05, 4.69) is 22.6 Å². The molecule has 0 amide bonds. The fourth-order valence-electron chi connectivity index (χ4n) is 1.77. The molecule has 0 radical (unpaired) electrons. The molecule has 22 heavy (non-hydrogen) atoms. The van der Waals surface area contributed by atoms with Gasteiger partial charge < -0.3 is 14.6 Å². The van der Waals surface area contributed by atoms with Gasteiger partial charge in [0.1, 0.15) is 11.5 Å². The van der Waals surface area contributed by atoms with Crippen molar-refractivity contribution in [1.82, 2.24) is 0 Å². The lowest BCUT2D eigenvalue weighted by atomic mass is 10.1. The number of hydrogen-bond acceptors (Lipinski definition) is 4. The minimum atomic E-state index is -0.269. The monoisotopic (exact) mass is 410 g/mol. The molecular formula is C17H15IO4. The van der Waals surface area contributed by atoms with Crippen molar-refractivity contribution in [3.8, 4) is 11.5 Å². The number of halogens is 1. The predicted octanol–water partition coefficient (Wildman–Crippen LogP) is 3.88. The van der Waals surface area contributed by atoms with Crippen LogP contribution in [0.25, 0.3) is 6.08 Å². The predicted molar refractivity (Wildman–Crippen MR) is 93.1 cm³/mol. The second-order valence-electron chi connectivity index (χ2n) is 4.48. The highest BCUT2D eigenvalue weighted by molar-refractivity contribution is 14.1. The molecule has 0 heterocycles. The Balaban J connectivity index is 2.10. The smallest absolute Gasteiger partial charge is 0.189 e. The fraction of sp³-hybridized carbons (Fsp3) is 0.118. The lowest BCUT2D eigenvalue weighted by Crippen LogP contribution is -2.00. The first-order chi connectivity index (χ1) is 10.6. The molecule has 2 aromatic carbocycles. The molecule has 0 spiro atoms. The Morgan fingerprint density at radius 3 is 2.59 bits per heavy atom. The summed E-state index contributed by atoms with van der Waals surface area (Å²) in [4.78, 5) is 12.1. The summed E-state index contributed by atoms with van der Waals surface area (Å²) >= 11 is 2.22. The van der Waals surface area contributed by atoms with Crippen molar-refractivity contribution in [3.63, 3.8) is 0 Å². The van der Waals surface area contributed by atoms with Gasteiger partial charge in [0.05, 0.1) is 5.56 Å². The highest BCUT2D eigenvalue weighted by Crippen LogP contribution is 2.24. The number of rotatable bonds is 6. The van der Waals surface area contributed by atoms with E-state index < -0.39 is 0 Å². The molecule has 0 unspecified atom stereocenters. The summed E-state index contributed by atoms with van der Waals surface area (Å²) in [7, 11) is 1.51. The summed E-state index contributed by atoms with van der Waals surface area (Å²) in [6.45, 7) is 0.0828. The minimum Gasteiger partial charge on any atom is -0.507 e. The van der Waals surface area contributed by atoms with Crippen LogP contribution in [0.3, 0.4) is 0 Å². The maximum absolute atomic E-state index is 12.1. The number of carbonyl (C=O) groups excluding carboxylic acids is 1. The summed E-state index contributed by atoms with van der Waals surface area (Å²) in [6.07, 6.45) is 3.15. The number of phenolic OH excluding ortho intramolecular Hbond substituents is 1. The second-order valence-corrected chi connectivity index (χ2v) is 5.72. The molecule has 0 aliphatic rings. The summed E-state index contributed by atoms with van der Waals surface area (Å²) in [5.74, 6) is 0.0534. The summed E-state index contributed by atoms with van der Waals surface area (Å²) < 4.78 is 11.1. The van der Waals surface area contributed by atoms with E-state index in [0.29, 0.717) is 5.75 Å². The van der Waals surface area contributed by atoms with E-state index in [4.69, 9.17) is 9.47 Å². The molecule has 0 aliphatic heterocycles. The van der Waals surface area contributed by atoms with E-state index in [0.717, 1.165) is 9.13 Å². The number of methoxy groups -OCH3 is 1. The SMILES string of the molecule is COCOc1ccc(C(=O)C=Cc2ccc(I)cc2)c(O)c1. The van der Waals surface area contributed by atoms with Crippen LogP contribution >= 0.6 is 22.6 Å². The fourth-order valence-corrected chi connectivity index (χ4v) is 2.13. The first kappa shape index (κ1) is 16.5. The molecule has 1 N–H and O–H groups in total. The normalized spacial score (nSPS) is 10.8. The molecule has 0 fully saturated rings. The van der Waals surface area contributed by atoms with Crippen molar-refractivity contribution in [2.24, 2.45) is 0 Å². The second kappa shape index (κ2) is 7.95. The first-order valence-electron chi connectivity index (χ1n) is 6.53. The van der Waals surface area contributed by atoms with Gasteiger partial charge >= 0.3 is 0 Å². The lowest BCUT2D eigenvalue weighted by Gasteiger charge is -2.06. The number of ether oxygens (including phenoxy) is 2. The van der Waals surface area contributed by atoms with Gasteiger partial charge in [-0.2, -0.15) is 0 Å². The van der Waals surface area contributed by atoms with Crippen molar-refractivity contribution in [2.75, 3.05) is 13.9 Å². The van der Waals surface area contributed by atoms with E-state index in [1.165, 1.54) is 25.3 Å². The van der Waals surface area contributed by atoms with Crippen molar-refractivity contribution in [3.05, 3.63) is 63.2 Å². The van der Waals surface area contributed by atoms with Gasteiger partial charge in [0.2, 0.25) is 0 Å². The Morgan fingerprint density at radius 2 is 1.95 bits per heavy atom. The summed E-state index contributed by atoms with van der Waals surface area (Å²) in [6, 6.07) is 12.3. The molecular weight excluding hydrogens is 395 g/mol. The standard InChI is InChI=1S/C17H15IO4/c1-21-11-22-14-7-8-15(17(20)10-14)16(19)9-4-12-2-5-13(18)6-3-12/h2-10,20H,11H2,1H3. The number of allylic oxidation sites excluding steroid dienone is 1. The van der Waals surface area contributed by atoms with Gasteiger partial charge in [0.15, 0.2) is 12.6 Å². The average molecular weight is 410 g/mol. The van der Waals surface area contributed by atoms with Gasteiger partial charge in [-0.05, 0) is 58.5 Å². The number of phenols is 1. The zero-order valence-electron chi connectivity index (χ0n) is 12.0. The van der Waals surface area contributed by atoms with Crippen molar-refractivity contribution < 1.29 is 19.4 Å². The van der Waals surface area contributed by atoms with E-state index in [-0.39, 0.29) is 23.9 Å². The minimum absolute atomic E-state index is 0.0828. The van der Waals surface area contributed by atoms with E-state index >= 15 is 0 Å². The van der Waals surface area contributed by atoms with Crippen LogP contribution in [-0.4, -0.2) is 24.8 Å². The van der Waals surface area contributed by atoms with Gasteiger partial charge in [0.25, 0.3) is 0 Å². The van der Waals surface area contributed by atoms with E-state index in [9.17, 15) is 9.90 Å². The summed E-state index contributed by atoms with van der Waals surface area (Å²) in [5.41, 5.74) is 1.15. The Morgan fingerprint density at radius 1 is 1.23 bits per heavy atom. The quantitative estimate of drug-likeness (QED) is 0.340. The van der Waals surface area contributed by atoms with E-state index in [1.54, 1.807) is 12.1 Å². The van der Waals surface area contributed by atoms with Crippen molar-refractivity contribution in [1.29, 1.82) is 0 Å². The number of hydrogen-bond donors (Lipinski definition) is 1. The Kier molecular flexibility index (Phi) is 5.97. The third-order valence-corrected chi connectivity index (χ3v) is 3.59. The third-order valence-electron chi connectivity index (χ3n) is 2.88. The molecule has 2 rings (SSSR count). The van der Waals surface area contributed by atoms with Crippen LogP contribution in [0.15, 0.2) is 48.5 Å².